The van der Waals surface area contributed by atoms with Gasteiger partial charge >= 0.3 is 0 Å². The van der Waals surface area contributed by atoms with Crippen LogP contribution in [0.4, 0.5) is 0 Å². The predicted octanol–water partition coefficient (Wildman–Crippen LogP) is 3.36. The van der Waals surface area contributed by atoms with E-state index in [2.05, 4.69) is 35.6 Å². The molecule has 1 rings (SSSR count). The van der Waals surface area contributed by atoms with Gasteiger partial charge in [-0.1, -0.05) is 13.0 Å². The van der Waals surface area contributed by atoms with Gasteiger partial charge in [0.25, 0.3) is 0 Å². The third-order valence-corrected chi connectivity index (χ3v) is 2.76. The maximum atomic E-state index is 3.75. The summed E-state index contributed by atoms with van der Waals surface area (Å²) in [7, 11) is 0. The molecular weight excluding hydrogens is 178 g/mol. The molecule has 0 spiro atoms. The molecule has 0 aliphatic heterocycles. The van der Waals surface area contributed by atoms with Gasteiger partial charge in [0, 0.05) is 6.04 Å². The number of hydrogen-bond acceptors (Lipinski definition) is 2. The number of hydrogen-bond donors (Lipinski definition) is 1. The largest absolute Gasteiger partial charge is 0.310 e. The Balaban J connectivity index is 2.51. The van der Waals surface area contributed by atoms with Crippen LogP contribution in [0, 0.1) is 0 Å². The van der Waals surface area contributed by atoms with E-state index in [9.17, 15) is 0 Å². The van der Waals surface area contributed by atoms with Crippen molar-refractivity contribution in [2.24, 2.45) is 0 Å². The van der Waals surface area contributed by atoms with Crippen LogP contribution in [0.1, 0.15) is 31.4 Å². The van der Waals surface area contributed by atoms with Crippen molar-refractivity contribution in [3.05, 3.63) is 35.0 Å². The molecule has 0 aromatic carbocycles. The van der Waals surface area contributed by atoms with Crippen LogP contribution in [0.15, 0.2) is 29.5 Å². The van der Waals surface area contributed by atoms with Gasteiger partial charge in [0.15, 0.2) is 0 Å². The van der Waals surface area contributed by atoms with Crippen LogP contribution in [0.3, 0.4) is 0 Å². The Bertz CT molecular complexity index is 228. The summed E-state index contributed by atoms with van der Waals surface area (Å²) in [6, 6.07) is 2.70. The monoisotopic (exact) mass is 195 g/mol. The Labute approximate surface area is 84.5 Å². The summed E-state index contributed by atoms with van der Waals surface area (Å²) in [5.41, 5.74) is 1.41. The van der Waals surface area contributed by atoms with Crippen LogP contribution in [0.2, 0.25) is 0 Å². The highest BCUT2D eigenvalue weighted by Gasteiger charge is 2.08. The smallest absolute Gasteiger partial charge is 0.0331 e. The van der Waals surface area contributed by atoms with E-state index < -0.39 is 0 Å². The molecule has 0 amide bonds. The Kier molecular flexibility index (Phi) is 4.79. The van der Waals surface area contributed by atoms with Crippen LogP contribution < -0.4 is 5.32 Å². The van der Waals surface area contributed by atoms with Crippen molar-refractivity contribution in [3.63, 3.8) is 0 Å². The molecule has 1 N–H and O–H groups in total. The number of nitrogens with one attached hydrogen (secondary N) is 1. The molecule has 0 radical (unpaired) electrons. The zero-order valence-corrected chi connectivity index (χ0v) is 8.94. The Morgan fingerprint density at radius 3 is 3.08 bits per heavy atom. The Morgan fingerprint density at radius 2 is 2.54 bits per heavy atom. The molecule has 0 saturated heterocycles. The Morgan fingerprint density at radius 1 is 1.69 bits per heavy atom. The van der Waals surface area contributed by atoms with Crippen molar-refractivity contribution >= 4 is 11.3 Å². The standard InChI is InChI=1S/C11H17NS/c1-3-5-6-11(12-4-2)10-7-8-13-9-10/h3,7-9,11-12H,1,4-6H2,2H3. The second kappa shape index (κ2) is 5.95. The lowest BCUT2D eigenvalue weighted by molar-refractivity contribution is 0.521. The van der Waals surface area contributed by atoms with Gasteiger partial charge in [0.1, 0.15) is 0 Å². The minimum Gasteiger partial charge on any atom is -0.310 e. The molecule has 13 heavy (non-hydrogen) atoms. The number of allylic oxidation sites excluding steroid dienone is 1. The van der Waals surface area contributed by atoms with Crippen molar-refractivity contribution in [3.8, 4) is 0 Å². The van der Waals surface area contributed by atoms with E-state index >= 15 is 0 Å². The van der Waals surface area contributed by atoms with E-state index in [0.717, 1.165) is 19.4 Å². The second-order valence-corrected chi connectivity index (χ2v) is 3.81. The topological polar surface area (TPSA) is 12.0 Å². The lowest BCUT2D eigenvalue weighted by Crippen LogP contribution is -2.20. The molecule has 0 aliphatic rings. The first-order valence-corrected chi connectivity index (χ1v) is 5.69. The van der Waals surface area contributed by atoms with Gasteiger partial charge in [0.05, 0.1) is 0 Å². The van der Waals surface area contributed by atoms with E-state index in [4.69, 9.17) is 0 Å². The minimum atomic E-state index is 0.509. The lowest BCUT2D eigenvalue weighted by atomic mass is 10.1. The maximum absolute atomic E-state index is 3.75. The molecule has 1 unspecified atom stereocenters. The van der Waals surface area contributed by atoms with Crippen molar-refractivity contribution in [2.75, 3.05) is 6.54 Å². The quantitative estimate of drug-likeness (QED) is 0.686. The van der Waals surface area contributed by atoms with Crippen LogP contribution in [0.25, 0.3) is 0 Å². The number of thiophene rings is 1. The molecule has 0 bridgehead atoms. The van der Waals surface area contributed by atoms with Gasteiger partial charge in [-0.25, -0.2) is 0 Å². The van der Waals surface area contributed by atoms with Gasteiger partial charge in [0.2, 0.25) is 0 Å². The summed E-state index contributed by atoms with van der Waals surface area (Å²) in [6.45, 7) is 6.92. The fourth-order valence-corrected chi connectivity index (χ4v) is 2.11. The van der Waals surface area contributed by atoms with Crippen molar-refractivity contribution in [1.82, 2.24) is 5.32 Å². The average Bonchev–Trinajstić information content (AvgIpc) is 2.65. The third kappa shape index (κ3) is 3.33. The van der Waals surface area contributed by atoms with Crippen LogP contribution in [-0.4, -0.2) is 6.54 Å². The van der Waals surface area contributed by atoms with Crippen molar-refractivity contribution in [2.45, 2.75) is 25.8 Å². The van der Waals surface area contributed by atoms with Crippen molar-refractivity contribution in [1.29, 1.82) is 0 Å². The van der Waals surface area contributed by atoms with E-state index in [1.807, 2.05) is 6.08 Å². The first-order chi connectivity index (χ1) is 6.38. The lowest BCUT2D eigenvalue weighted by Gasteiger charge is -2.15. The molecule has 1 heterocycles. The molecule has 0 fully saturated rings. The maximum Gasteiger partial charge on any atom is 0.0331 e. The van der Waals surface area contributed by atoms with Gasteiger partial charge in [-0.05, 0) is 41.8 Å². The normalized spacial score (nSPS) is 12.7. The first-order valence-electron chi connectivity index (χ1n) is 4.74. The molecule has 0 aliphatic carbocycles. The highest BCUT2D eigenvalue weighted by atomic mass is 32.1. The van der Waals surface area contributed by atoms with Crippen LogP contribution in [-0.2, 0) is 0 Å². The molecule has 1 aromatic rings. The fourth-order valence-electron chi connectivity index (χ4n) is 1.39. The molecule has 1 nitrogen and oxygen atoms in total. The van der Waals surface area contributed by atoms with Crippen LogP contribution >= 0.6 is 11.3 Å². The predicted molar refractivity (Wildman–Crippen MR) is 60.2 cm³/mol. The second-order valence-electron chi connectivity index (χ2n) is 3.03. The van der Waals surface area contributed by atoms with Gasteiger partial charge in [-0.15, -0.1) is 6.58 Å². The van der Waals surface area contributed by atoms with Gasteiger partial charge in [-0.2, -0.15) is 11.3 Å². The zero-order chi connectivity index (χ0) is 9.52. The van der Waals surface area contributed by atoms with E-state index in [1.54, 1.807) is 11.3 Å². The molecular formula is C11H17NS. The summed E-state index contributed by atoms with van der Waals surface area (Å²) >= 11 is 1.76. The first kappa shape index (κ1) is 10.5. The summed E-state index contributed by atoms with van der Waals surface area (Å²) in [6.07, 6.45) is 4.21. The molecule has 72 valence electrons. The highest BCUT2D eigenvalue weighted by molar-refractivity contribution is 7.07. The summed E-state index contributed by atoms with van der Waals surface area (Å²) < 4.78 is 0. The minimum absolute atomic E-state index is 0.509. The van der Waals surface area contributed by atoms with E-state index in [-0.39, 0.29) is 0 Å². The molecule has 2 heteroatoms. The summed E-state index contributed by atoms with van der Waals surface area (Å²) in [4.78, 5) is 0. The van der Waals surface area contributed by atoms with E-state index in [0.29, 0.717) is 6.04 Å². The summed E-state index contributed by atoms with van der Waals surface area (Å²) in [5, 5.41) is 7.83. The summed E-state index contributed by atoms with van der Waals surface area (Å²) in [5.74, 6) is 0. The zero-order valence-electron chi connectivity index (χ0n) is 8.12. The van der Waals surface area contributed by atoms with E-state index in [1.165, 1.54) is 5.56 Å². The fraction of sp³-hybridized carbons (Fsp3) is 0.455. The van der Waals surface area contributed by atoms with Crippen molar-refractivity contribution < 1.29 is 0 Å². The SMILES string of the molecule is C=CCCC(NCC)c1ccsc1. The molecule has 0 saturated carbocycles. The number of rotatable bonds is 6. The molecule has 1 aromatic heterocycles. The van der Waals surface area contributed by atoms with Crippen LogP contribution in [0.5, 0.6) is 0 Å². The van der Waals surface area contributed by atoms with Gasteiger partial charge in [-0.3, -0.25) is 0 Å². The molecule has 1 atom stereocenters. The average molecular weight is 195 g/mol. The third-order valence-electron chi connectivity index (χ3n) is 2.06. The Hall–Kier alpha value is -0.600. The highest BCUT2D eigenvalue weighted by Crippen LogP contribution is 2.20. The van der Waals surface area contributed by atoms with Gasteiger partial charge < -0.3 is 5.32 Å².